The summed E-state index contributed by atoms with van der Waals surface area (Å²) in [6.07, 6.45) is 0.607. The van der Waals surface area contributed by atoms with Gasteiger partial charge < -0.3 is 4.90 Å². The standard InChI is InChI=1S/C15H19N3O2S2/c1-15(2)8-9-18(10-11-22(15,19)20)14-16-13(17-21-14)12-6-4-3-5-7-12/h3-7H,8-11H2,1-2H3. The first-order valence-electron chi connectivity index (χ1n) is 7.25. The Kier molecular flexibility index (Phi) is 3.94. The van der Waals surface area contributed by atoms with Crippen molar-refractivity contribution in [2.75, 3.05) is 23.7 Å². The van der Waals surface area contributed by atoms with Crippen LogP contribution in [0.25, 0.3) is 11.4 Å². The highest BCUT2D eigenvalue weighted by molar-refractivity contribution is 7.92. The molecule has 1 aliphatic rings. The van der Waals surface area contributed by atoms with Crippen molar-refractivity contribution in [3.8, 4) is 11.4 Å². The molecule has 1 saturated heterocycles. The van der Waals surface area contributed by atoms with E-state index in [9.17, 15) is 8.42 Å². The fourth-order valence-corrected chi connectivity index (χ4v) is 4.57. The van der Waals surface area contributed by atoms with Crippen molar-refractivity contribution in [1.82, 2.24) is 9.36 Å². The van der Waals surface area contributed by atoms with Crippen LogP contribution in [0.2, 0.25) is 0 Å². The molecule has 0 saturated carbocycles. The van der Waals surface area contributed by atoms with Crippen molar-refractivity contribution in [2.45, 2.75) is 25.0 Å². The maximum atomic E-state index is 12.3. The molecule has 0 unspecified atom stereocenters. The summed E-state index contributed by atoms with van der Waals surface area (Å²) in [5.41, 5.74) is 0.979. The van der Waals surface area contributed by atoms with Gasteiger partial charge in [-0.2, -0.15) is 9.36 Å². The molecule has 0 aliphatic carbocycles. The van der Waals surface area contributed by atoms with Crippen LogP contribution in [0.3, 0.4) is 0 Å². The molecule has 2 heterocycles. The van der Waals surface area contributed by atoms with Gasteiger partial charge >= 0.3 is 0 Å². The lowest BCUT2D eigenvalue weighted by atomic mass is 10.1. The first-order valence-corrected chi connectivity index (χ1v) is 9.68. The molecule has 1 fully saturated rings. The van der Waals surface area contributed by atoms with Gasteiger partial charge in [0.15, 0.2) is 15.7 Å². The summed E-state index contributed by atoms with van der Waals surface area (Å²) in [5.74, 6) is 0.868. The molecule has 7 heteroatoms. The summed E-state index contributed by atoms with van der Waals surface area (Å²) in [5, 5.41) is 0.798. The second kappa shape index (κ2) is 5.62. The molecule has 0 amide bonds. The third-order valence-corrected chi connectivity index (χ3v) is 7.56. The fourth-order valence-electron chi connectivity index (χ4n) is 2.42. The Bertz CT molecular complexity index is 754. The van der Waals surface area contributed by atoms with E-state index in [-0.39, 0.29) is 5.75 Å². The Labute approximate surface area is 135 Å². The topological polar surface area (TPSA) is 63.2 Å². The van der Waals surface area contributed by atoms with Crippen LogP contribution in [-0.4, -0.2) is 41.4 Å². The number of sulfone groups is 1. The first kappa shape index (κ1) is 15.4. The van der Waals surface area contributed by atoms with Crippen LogP contribution in [0.15, 0.2) is 30.3 Å². The van der Waals surface area contributed by atoms with E-state index in [1.165, 1.54) is 11.5 Å². The van der Waals surface area contributed by atoms with Gasteiger partial charge in [-0.25, -0.2) is 8.42 Å². The number of hydrogen-bond acceptors (Lipinski definition) is 6. The lowest BCUT2D eigenvalue weighted by Gasteiger charge is -2.22. The van der Waals surface area contributed by atoms with Gasteiger partial charge in [-0.1, -0.05) is 30.3 Å². The van der Waals surface area contributed by atoms with E-state index in [1.807, 2.05) is 35.2 Å². The van der Waals surface area contributed by atoms with Crippen molar-refractivity contribution >= 4 is 26.5 Å². The summed E-state index contributed by atoms with van der Waals surface area (Å²) in [4.78, 5) is 6.62. The van der Waals surface area contributed by atoms with Gasteiger partial charge in [0.1, 0.15) is 0 Å². The Balaban J connectivity index is 1.83. The van der Waals surface area contributed by atoms with E-state index in [0.717, 1.165) is 10.7 Å². The monoisotopic (exact) mass is 337 g/mol. The van der Waals surface area contributed by atoms with Gasteiger partial charge in [0.25, 0.3) is 0 Å². The SMILES string of the molecule is CC1(C)CCN(c2nc(-c3ccccc3)ns2)CCS1(=O)=O. The molecule has 118 valence electrons. The molecule has 1 aromatic heterocycles. The maximum Gasteiger partial charge on any atom is 0.205 e. The third-order valence-electron chi connectivity index (χ3n) is 4.17. The number of hydrogen-bond donors (Lipinski definition) is 0. The first-order chi connectivity index (χ1) is 10.4. The van der Waals surface area contributed by atoms with Crippen molar-refractivity contribution in [2.24, 2.45) is 0 Å². The molecule has 0 spiro atoms. The predicted molar refractivity (Wildman–Crippen MR) is 90.0 cm³/mol. The molecule has 3 rings (SSSR count). The highest BCUT2D eigenvalue weighted by Gasteiger charge is 2.37. The van der Waals surface area contributed by atoms with E-state index < -0.39 is 14.6 Å². The summed E-state index contributed by atoms with van der Waals surface area (Å²) < 4.78 is 28.3. The third kappa shape index (κ3) is 2.87. The number of nitrogens with zero attached hydrogens (tertiary/aromatic N) is 3. The lowest BCUT2D eigenvalue weighted by molar-refractivity contribution is 0.538. The van der Waals surface area contributed by atoms with Gasteiger partial charge in [0.2, 0.25) is 5.13 Å². The van der Waals surface area contributed by atoms with Crippen molar-refractivity contribution in [3.05, 3.63) is 30.3 Å². The van der Waals surface area contributed by atoms with Crippen LogP contribution >= 0.6 is 11.5 Å². The second-order valence-electron chi connectivity index (χ2n) is 6.08. The molecule has 22 heavy (non-hydrogen) atoms. The van der Waals surface area contributed by atoms with Gasteiger partial charge in [0, 0.05) is 30.2 Å². The fraction of sp³-hybridized carbons (Fsp3) is 0.467. The molecule has 2 aromatic rings. The second-order valence-corrected chi connectivity index (χ2v) is 9.56. The highest BCUT2D eigenvalue weighted by atomic mass is 32.2. The lowest BCUT2D eigenvalue weighted by Crippen LogP contribution is -2.33. The Morgan fingerprint density at radius 1 is 1.18 bits per heavy atom. The summed E-state index contributed by atoms with van der Waals surface area (Å²) >= 11 is 1.33. The molecule has 5 nitrogen and oxygen atoms in total. The highest BCUT2D eigenvalue weighted by Crippen LogP contribution is 2.29. The average molecular weight is 337 g/mol. The molecule has 0 N–H and O–H groups in total. The largest absolute Gasteiger partial charge is 0.346 e. The van der Waals surface area contributed by atoms with Crippen LogP contribution in [0.5, 0.6) is 0 Å². The zero-order valence-electron chi connectivity index (χ0n) is 12.7. The molecular weight excluding hydrogens is 318 g/mol. The summed E-state index contributed by atoms with van der Waals surface area (Å²) in [6.45, 7) is 4.79. The number of aromatic nitrogens is 2. The Morgan fingerprint density at radius 3 is 2.64 bits per heavy atom. The van der Waals surface area contributed by atoms with Gasteiger partial charge in [-0.15, -0.1) is 0 Å². The Hall–Kier alpha value is -1.47. The zero-order chi connectivity index (χ0) is 15.8. The molecule has 1 aliphatic heterocycles. The smallest absolute Gasteiger partial charge is 0.205 e. The van der Waals surface area contributed by atoms with Crippen LogP contribution in [0.1, 0.15) is 20.3 Å². The summed E-state index contributed by atoms with van der Waals surface area (Å²) in [6, 6.07) is 9.82. The molecular formula is C15H19N3O2S2. The van der Waals surface area contributed by atoms with Crippen LogP contribution in [0, 0.1) is 0 Å². The van der Waals surface area contributed by atoms with E-state index in [2.05, 4.69) is 9.36 Å². The maximum absolute atomic E-state index is 12.3. The van der Waals surface area contributed by atoms with Crippen LogP contribution in [-0.2, 0) is 9.84 Å². The number of rotatable bonds is 2. The number of benzene rings is 1. The van der Waals surface area contributed by atoms with Crippen molar-refractivity contribution in [3.63, 3.8) is 0 Å². The van der Waals surface area contributed by atoms with E-state index >= 15 is 0 Å². The summed E-state index contributed by atoms with van der Waals surface area (Å²) in [7, 11) is -3.07. The zero-order valence-corrected chi connectivity index (χ0v) is 14.3. The van der Waals surface area contributed by atoms with Gasteiger partial charge in [0.05, 0.1) is 10.5 Å². The van der Waals surface area contributed by atoms with Crippen molar-refractivity contribution < 1.29 is 8.42 Å². The van der Waals surface area contributed by atoms with E-state index in [4.69, 9.17) is 0 Å². The van der Waals surface area contributed by atoms with Crippen LogP contribution in [0.4, 0.5) is 5.13 Å². The van der Waals surface area contributed by atoms with E-state index in [0.29, 0.717) is 25.3 Å². The minimum absolute atomic E-state index is 0.167. The van der Waals surface area contributed by atoms with Crippen LogP contribution < -0.4 is 4.90 Å². The van der Waals surface area contributed by atoms with Gasteiger partial charge in [-0.3, -0.25) is 0 Å². The minimum Gasteiger partial charge on any atom is -0.346 e. The normalized spacial score (nSPS) is 20.5. The minimum atomic E-state index is -3.07. The molecule has 1 aromatic carbocycles. The average Bonchev–Trinajstić information content (AvgIpc) is 2.94. The molecule has 0 radical (unpaired) electrons. The van der Waals surface area contributed by atoms with Crippen molar-refractivity contribution in [1.29, 1.82) is 0 Å². The molecule has 0 bridgehead atoms. The molecule has 0 atom stereocenters. The predicted octanol–water partition coefficient (Wildman–Crippen LogP) is 2.61. The van der Waals surface area contributed by atoms with Gasteiger partial charge in [-0.05, 0) is 20.3 Å². The van der Waals surface area contributed by atoms with E-state index in [1.54, 1.807) is 13.8 Å². The Morgan fingerprint density at radius 2 is 1.91 bits per heavy atom. The number of anilines is 1. The quantitative estimate of drug-likeness (QED) is 0.843.